The second-order valence-corrected chi connectivity index (χ2v) is 5.81. The minimum absolute atomic E-state index is 0.0974. The van der Waals surface area contributed by atoms with Gasteiger partial charge in [0.2, 0.25) is 0 Å². The third-order valence-electron chi connectivity index (χ3n) is 3.70. The number of aromatic nitrogens is 1. The number of aliphatic hydroxyl groups excluding tert-OH is 1. The summed E-state index contributed by atoms with van der Waals surface area (Å²) in [6, 6.07) is 13.6. The molecule has 0 fully saturated rings. The Hall–Kier alpha value is -2.17. The summed E-state index contributed by atoms with van der Waals surface area (Å²) in [5.41, 5.74) is 2.66. The number of pyridine rings is 1. The third kappa shape index (κ3) is 3.28. The number of anilines is 1. The number of nitrogens with zero attached hydrogens (tertiary/aromatic N) is 1. The number of benzene rings is 2. The van der Waals surface area contributed by atoms with Gasteiger partial charge < -0.3 is 10.4 Å². The SMILES string of the molecule is Cc1cc(NC(CO)c2ccc(Cl)cc2)c2cccc(F)c2n1. The Morgan fingerprint density at radius 2 is 1.96 bits per heavy atom. The topological polar surface area (TPSA) is 45.1 Å². The summed E-state index contributed by atoms with van der Waals surface area (Å²) < 4.78 is 14.0. The molecule has 0 bridgehead atoms. The van der Waals surface area contributed by atoms with E-state index in [0.717, 1.165) is 11.3 Å². The third-order valence-corrected chi connectivity index (χ3v) is 3.95. The number of aliphatic hydroxyl groups is 1. The molecule has 3 rings (SSSR count). The molecule has 0 radical (unpaired) electrons. The zero-order valence-corrected chi connectivity index (χ0v) is 13.3. The van der Waals surface area contributed by atoms with E-state index in [0.29, 0.717) is 21.6 Å². The molecule has 1 aromatic heterocycles. The van der Waals surface area contributed by atoms with Crippen LogP contribution in [0, 0.1) is 12.7 Å². The molecule has 1 atom stereocenters. The maximum absolute atomic E-state index is 14.0. The van der Waals surface area contributed by atoms with Crippen LogP contribution in [0.3, 0.4) is 0 Å². The molecular weight excluding hydrogens is 315 g/mol. The van der Waals surface area contributed by atoms with Gasteiger partial charge in [0.05, 0.1) is 12.6 Å². The molecule has 0 amide bonds. The second kappa shape index (κ2) is 6.52. The molecule has 118 valence electrons. The van der Waals surface area contributed by atoms with E-state index in [-0.39, 0.29) is 18.5 Å². The molecule has 0 saturated heterocycles. The van der Waals surface area contributed by atoms with Crippen molar-refractivity contribution in [1.29, 1.82) is 0 Å². The second-order valence-electron chi connectivity index (χ2n) is 5.38. The van der Waals surface area contributed by atoms with E-state index in [2.05, 4.69) is 10.3 Å². The molecule has 23 heavy (non-hydrogen) atoms. The first-order valence-electron chi connectivity index (χ1n) is 7.27. The lowest BCUT2D eigenvalue weighted by atomic mass is 10.1. The number of rotatable bonds is 4. The largest absolute Gasteiger partial charge is 0.394 e. The Balaban J connectivity index is 2.02. The molecule has 3 nitrogen and oxygen atoms in total. The van der Waals surface area contributed by atoms with E-state index in [9.17, 15) is 9.50 Å². The van der Waals surface area contributed by atoms with Crippen LogP contribution in [0.4, 0.5) is 10.1 Å². The molecule has 0 aliphatic heterocycles. The lowest BCUT2D eigenvalue weighted by molar-refractivity contribution is 0.276. The average molecular weight is 331 g/mol. The fraction of sp³-hybridized carbons (Fsp3) is 0.167. The summed E-state index contributed by atoms with van der Waals surface area (Å²) in [7, 11) is 0. The quantitative estimate of drug-likeness (QED) is 0.741. The maximum atomic E-state index is 14.0. The number of aryl methyl sites for hydroxylation is 1. The van der Waals surface area contributed by atoms with E-state index < -0.39 is 0 Å². The molecule has 5 heteroatoms. The number of hydrogen-bond donors (Lipinski definition) is 2. The van der Waals surface area contributed by atoms with Crippen molar-refractivity contribution in [3.8, 4) is 0 Å². The summed E-state index contributed by atoms with van der Waals surface area (Å²) in [5, 5.41) is 14.3. The molecule has 1 unspecified atom stereocenters. The Morgan fingerprint density at radius 3 is 2.65 bits per heavy atom. The highest BCUT2D eigenvalue weighted by Crippen LogP contribution is 2.28. The predicted octanol–water partition coefficient (Wildman–Crippen LogP) is 4.48. The van der Waals surface area contributed by atoms with Gasteiger partial charge in [0.15, 0.2) is 0 Å². The van der Waals surface area contributed by atoms with Crippen molar-refractivity contribution in [2.75, 3.05) is 11.9 Å². The highest BCUT2D eigenvalue weighted by Gasteiger charge is 2.14. The Morgan fingerprint density at radius 1 is 1.22 bits per heavy atom. The lowest BCUT2D eigenvalue weighted by Gasteiger charge is -2.20. The van der Waals surface area contributed by atoms with Crippen molar-refractivity contribution in [2.45, 2.75) is 13.0 Å². The standard InChI is InChI=1S/C18H16ClFN2O/c1-11-9-16(14-3-2-4-15(20)18(14)21-11)22-17(10-23)12-5-7-13(19)8-6-12/h2-9,17,23H,10H2,1H3,(H,21,22). The Bertz CT molecular complexity index is 836. The van der Waals surface area contributed by atoms with Crippen LogP contribution in [0.1, 0.15) is 17.3 Å². The summed E-state index contributed by atoms with van der Waals surface area (Å²) in [4.78, 5) is 4.26. The number of para-hydroxylation sites is 1. The van der Waals surface area contributed by atoms with Crippen LogP contribution < -0.4 is 5.32 Å². The molecular formula is C18H16ClFN2O. The van der Waals surface area contributed by atoms with Crippen LogP contribution in [0.15, 0.2) is 48.5 Å². The van der Waals surface area contributed by atoms with Crippen LogP contribution in [0.2, 0.25) is 5.02 Å². The van der Waals surface area contributed by atoms with Gasteiger partial charge in [0, 0.05) is 21.8 Å². The van der Waals surface area contributed by atoms with E-state index in [4.69, 9.17) is 11.6 Å². The van der Waals surface area contributed by atoms with Gasteiger partial charge in [-0.15, -0.1) is 0 Å². The number of fused-ring (bicyclic) bond motifs is 1. The van der Waals surface area contributed by atoms with Crippen molar-refractivity contribution in [3.05, 3.63) is 70.6 Å². The minimum atomic E-state index is -0.360. The molecule has 3 aromatic rings. The molecule has 1 heterocycles. The fourth-order valence-corrected chi connectivity index (χ4v) is 2.70. The molecule has 2 aromatic carbocycles. The first kappa shape index (κ1) is 15.7. The summed E-state index contributed by atoms with van der Waals surface area (Å²) in [6.45, 7) is 1.72. The highest BCUT2D eigenvalue weighted by molar-refractivity contribution is 6.30. The van der Waals surface area contributed by atoms with Crippen molar-refractivity contribution in [2.24, 2.45) is 0 Å². The summed E-state index contributed by atoms with van der Waals surface area (Å²) in [6.07, 6.45) is 0. The van der Waals surface area contributed by atoms with Gasteiger partial charge in [0.1, 0.15) is 11.3 Å². The van der Waals surface area contributed by atoms with Crippen molar-refractivity contribution >= 4 is 28.2 Å². The Labute approximate surface area is 138 Å². The molecule has 0 aliphatic carbocycles. The van der Waals surface area contributed by atoms with E-state index in [1.807, 2.05) is 31.2 Å². The maximum Gasteiger partial charge on any atom is 0.149 e. The van der Waals surface area contributed by atoms with Crippen molar-refractivity contribution in [3.63, 3.8) is 0 Å². The van der Waals surface area contributed by atoms with Crippen molar-refractivity contribution in [1.82, 2.24) is 4.98 Å². The molecule has 2 N–H and O–H groups in total. The Kier molecular flexibility index (Phi) is 4.46. The smallest absolute Gasteiger partial charge is 0.149 e. The average Bonchev–Trinajstić information content (AvgIpc) is 2.54. The predicted molar refractivity (Wildman–Crippen MR) is 91.3 cm³/mol. The number of nitrogens with one attached hydrogen (secondary N) is 1. The van der Waals surface area contributed by atoms with E-state index in [1.165, 1.54) is 6.07 Å². The first-order chi connectivity index (χ1) is 11.1. The zero-order chi connectivity index (χ0) is 16.4. The van der Waals surface area contributed by atoms with Gasteiger partial charge in [0.25, 0.3) is 0 Å². The normalized spacial score (nSPS) is 12.3. The summed E-state index contributed by atoms with van der Waals surface area (Å²) >= 11 is 5.90. The number of hydrogen-bond acceptors (Lipinski definition) is 3. The van der Waals surface area contributed by atoms with E-state index in [1.54, 1.807) is 18.2 Å². The van der Waals surface area contributed by atoms with Crippen LogP contribution in [-0.2, 0) is 0 Å². The van der Waals surface area contributed by atoms with Crippen LogP contribution in [-0.4, -0.2) is 16.7 Å². The van der Waals surface area contributed by atoms with Crippen LogP contribution >= 0.6 is 11.6 Å². The lowest BCUT2D eigenvalue weighted by Crippen LogP contribution is -2.15. The van der Waals surface area contributed by atoms with Gasteiger partial charge in [-0.1, -0.05) is 35.9 Å². The zero-order valence-electron chi connectivity index (χ0n) is 12.6. The van der Waals surface area contributed by atoms with Crippen molar-refractivity contribution < 1.29 is 9.50 Å². The van der Waals surface area contributed by atoms with Gasteiger partial charge >= 0.3 is 0 Å². The number of halogens is 2. The first-order valence-corrected chi connectivity index (χ1v) is 7.65. The molecule has 0 aliphatic rings. The van der Waals surface area contributed by atoms with Crippen LogP contribution in [0.25, 0.3) is 10.9 Å². The monoisotopic (exact) mass is 330 g/mol. The van der Waals surface area contributed by atoms with Gasteiger partial charge in [-0.25, -0.2) is 9.37 Å². The highest BCUT2D eigenvalue weighted by atomic mass is 35.5. The van der Waals surface area contributed by atoms with Crippen LogP contribution in [0.5, 0.6) is 0 Å². The summed E-state index contributed by atoms with van der Waals surface area (Å²) in [5.74, 6) is -0.360. The molecule has 0 spiro atoms. The molecule has 0 saturated carbocycles. The van der Waals surface area contributed by atoms with E-state index >= 15 is 0 Å². The van der Waals surface area contributed by atoms with Gasteiger partial charge in [-0.2, -0.15) is 0 Å². The fourth-order valence-electron chi connectivity index (χ4n) is 2.58. The van der Waals surface area contributed by atoms with Gasteiger partial charge in [-0.05, 0) is 36.8 Å². The minimum Gasteiger partial charge on any atom is -0.394 e. The van der Waals surface area contributed by atoms with Gasteiger partial charge in [-0.3, -0.25) is 0 Å².